The van der Waals surface area contributed by atoms with Crippen LogP contribution in [0.4, 0.5) is 17.6 Å². The SMILES string of the molecule is CC1CCC(Cc2ccc(C(F)(F)F)c(F)c2)C1. The van der Waals surface area contributed by atoms with E-state index in [9.17, 15) is 17.6 Å². The van der Waals surface area contributed by atoms with Crippen LogP contribution in [0.25, 0.3) is 0 Å². The van der Waals surface area contributed by atoms with Crippen LogP contribution in [-0.4, -0.2) is 0 Å². The van der Waals surface area contributed by atoms with Crippen molar-refractivity contribution in [3.8, 4) is 0 Å². The van der Waals surface area contributed by atoms with Crippen LogP contribution >= 0.6 is 0 Å². The van der Waals surface area contributed by atoms with Crippen molar-refractivity contribution >= 4 is 0 Å². The molecule has 0 spiro atoms. The molecule has 1 aliphatic carbocycles. The standard InChI is InChI=1S/C14H16F4/c1-9-2-3-10(6-9)7-11-4-5-12(13(15)8-11)14(16,17)18/h4-5,8-10H,2-3,6-7H2,1H3. The van der Waals surface area contributed by atoms with E-state index in [1.54, 1.807) is 0 Å². The molecule has 0 aliphatic heterocycles. The molecule has 0 saturated heterocycles. The van der Waals surface area contributed by atoms with E-state index in [2.05, 4.69) is 6.92 Å². The summed E-state index contributed by atoms with van der Waals surface area (Å²) in [6.07, 6.45) is -0.593. The quantitative estimate of drug-likeness (QED) is 0.668. The maximum Gasteiger partial charge on any atom is 0.419 e. The van der Waals surface area contributed by atoms with Gasteiger partial charge in [0.25, 0.3) is 0 Å². The van der Waals surface area contributed by atoms with Gasteiger partial charge in [0.05, 0.1) is 5.56 Å². The molecule has 4 heteroatoms. The molecule has 1 saturated carbocycles. The zero-order chi connectivity index (χ0) is 13.3. The van der Waals surface area contributed by atoms with Crippen molar-refractivity contribution in [1.82, 2.24) is 0 Å². The van der Waals surface area contributed by atoms with Crippen LogP contribution in [0.3, 0.4) is 0 Å². The van der Waals surface area contributed by atoms with Crippen LogP contribution in [0.2, 0.25) is 0 Å². The molecule has 0 radical (unpaired) electrons. The maximum absolute atomic E-state index is 13.4. The van der Waals surface area contributed by atoms with Gasteiger partial charge in [-0.1, -0.05) is 19.4 Å². The smallest absolute Gasteiger partial charge is 0.206 e. The number of hydrogen-bond acceptors (Lipinski definition) is 0. The van der Waals surface area contributed by atoms with Crippen molar-refractivity contribution in [1.29, 1.82) is 0 Å². The Kier molecular flexibility index (Phi) is 3.64. The first kappa shape index (κ1) is 13.4. The lowest BCUT2D eigenvalue weighted by atomic mass is 9.96. The second-order valence-corrected chi connectivity index (χ2v) is 5.30. The predicted octanol–water partition coefficient (Wildman–Crippen LogP) is 4.82. The molecule has 0 N–H and O–H groups in total. The van der Waals surface area contributed by atoms with Crippen LogP contribution in [0, 0.1) is 17.7 Å². The molecule has 18 heavy (non-hydrogen) atoms. The molecule has 0 amide bonds. The minimum absolute atomic E-state index is 0.483. The van der Waals surface area contributed by atoms with E-state index in [1.807, 2.05) is 0 Å². The summed E-state index contributed by atoms with van der Waals surface area (Å²) in [5.41, 5.74) is -0.509. The van der Waals surface area contributed by atoms with Crippen LogP contribution in [0.15, 0.2) is 18.2 Å². The summed E-state index contributed by atoms with van der Waals surface area (Å²) < 4.78 is 50.6. The molecule has 2 rings (SSSR count). The highest BCUT2D eigenvalue weighted by molar-refractivity contribution is 5.27. The lowest BCUT2D eigenvalue weighted by Gasteiger charge is -2.12. The van der Waals surface area contributed by atoms with E-state index < -0.39 is 17.6 Å². The summed E-state index contributed by atoms with van der Waals surface area (Å²) in [5, 5.41) is 0. The van der Waals surface area contributed by atoms with Gasteiger partial charge in [0.1, 0.15) is 5.82 Å². The molecular formula is C14H16F4. The Morgan fingerprint density at radius 1 is 1.22 bits per heavy atom. The Labute approximate surface area is 104 Å². The fourth-order valence-corrected chi connectivity index (χ4v) is 2.76. The molecule has 1 aliphatic rings. The molecule has 0 nitrogen and oxygen atoms in total. The zero-order valence-corrected chi connectivity index (χ0v) is 10.2. The van der Waals surface area contributed by atoms with Gasteiger partial charge in [-0.3, -0.25) is 0 Å². The van der Waals surface area contributed by atoms with Crippen LogP contribution in [0.5, 0.6) is 0 Å². The van der Waals surface area contributed by atoms with Crippen molar-refractivity contribution in [3.63, 3.8) is 0 Å². The van der Waals surface area contributed by atoms with Crippen molar-refractivity contribution in [2.75, 3.05) is 0 Å². The summed E-state index contributed by atoms with van der Waals surface area (Å²) in [6, 6.07) is 3.28. The fraction of sp³-hybridized carbons (Fsp3) is 0.571. The third-order valence-electron chi connectivity index (χ3n) is 3.67. The highest BCUT2D eigenvalue weighted by atomic mass is 19.4. The van der Waals surface area contributed by atoms with Gasteiger partial charge in [-0.05, 0) is 48.8 Å². The summed E-state index contributed by atoms with van der Waals surface area (Å²) in [6.45, 7) is 2.17. The molecule has 1 aromatic rings. The van der Waals surface area contributed by atoms with Gasteiger partial charge in [0, 0.05) is 0 Å². The Balaban J connectivity index is 2.09. The molecular weight excluding hydrogens is 244 g/mol. The summed E-state index contributed by atoms with van der Waals surface area (Å²) in [5.74, 6) is -0.00326. The third kappa shape index (κ3) is 3.03. The molecule has 0 heterocycles. The molecule has 2 unspecified atom stereocenters. The zero-order valence-electron chi connectivity index (χ0n) is 10.2. The lowest BCUT2D eigenvalue weighted by molar-refractivity contribution is -0.140. The van der Waals surface area contributed by atoms with E-state index in [1.165, 1.54) is 6.07 Å². The summed E-state index contributed by atoms with van der Waals surface area (Å²) in [7, 11) is 0. The Morgan fingerprint density at radius 2 is 1.94 bits per heavy atom. The van der Waals surface area contributed by atoms with Crippen LogP contribution in [-0.2, 0) is 12.6 Å². The largest absolute Gasteiger partial charge is 0.419 e. The number of rotatable bonds is 2. The molecule has 0 bridgehead atoms. The number of benzene rings is 1. The van der Waals surface area contributed by atoms with Gasteiger partial charge in [0.15, 0.2) is 0 Å². The van der Waals surface area contributed by atoms with Crippen LogP contribution in [0.1, 0.15) is 37.3 Å². The highest BCUT2D eigenvalue weighted by Crippen LogP contribution is 2.35. The summed E-state index contributed by atoms with van der Waals surface area (Å²) in [4.78, 5) is 0. The van der Waals surface area contributed by atoms with E-state index in [-0.39, 0.29) is 0 Å². The van der Waals surface area contributed by atoms with Gasteiger partial charge < -0.3 is 0 Å². The van der Waals surface area contributed by atoms with Gasteiger partial charge in [0.2, 0.25) is 0 Å². The van der Waals surface area contributed by atoms with E-state index in [0.717, 1.165) is 31.4 Å². The number of halogens is 4. The first-order valence-electron chi connectivity index (χ1n) is 6.22. The van der Waals surface area contributed by atoms with Crippen molar-refractivity contribution in [2.24, 2.45) is 11.8 Å². The maximum atomic E-state index is 13.4. The number of alkyl halides is 3. The van der Waals surface area contributed by atoms with Gasteiger partial charge >= 0.3 is 6.18 Å². The summed E-state index contributed by atoms with van der Waals surface area (Å²) >= 11 is 0. The van der Waals surface area contributed by atoms with Gasteiger partial charge in [-0.25, -0.2) is 4.39 Å². The predicted molar refractivity (Wildman–Crippen MR) is 61.6 cm³/mol. The molecule has 1 aromatic carbocycles. The van der Waals surface area contributed by atoms with Crippen LogP contribution < -0.4 is 0 Å². The molecule has 2 atom stereocenters. The average molecular weight is 260 g/mol. The highest BCUT2D eigenvalue weighted by Gasteiger charge is 2.34. The van der Waals surface area contributed by atoms with Gasteiger partial charge in [-0.15, -0.1) is 0 Å². The first-order chi connectivity index (χ1) is 8.36. The first-order valence-corrected chi connectivity index (χ1v) is 6.22. The third-order valence-corrected chi connectivity index (χ3v) is 3.67. The molecule has 100 valence electrons. The van der Waals surface area contributed by atoms with E-state index in [0.29, 0.717) is 23.8 Å². The average Bonchev–Trinajstić information content (AvgIpc) is 2.62. The second kappa shape index (κ2) is 4.90. The Bertz CT molecular complexity index is 422. The topological polar surface area (TPSA) is 0 Å². The van der Waals surface area contributed by atoms with Gasteiger partial charge in [-0.2, -0.15) is 13.2 Å². The van der Waals surface area contributed by atoms with Crippen molar-refractivity contribution < 1.29 is 17.6 Å². The number of hydrogen-bond donors (Lipinski definition) is 0. The minimum atomic E-state index is -4.61. The Hall–Kier alpha value is -1.06. The molecule has 1 fully saturated rings. The Morgan fingerprint density at radius 3 is 2.44 bits per heavy atom. The minimum Gasteiger partial charge on any atom is -0.206 e. The lowest BCUT2D eigenvalue weighted by Crippen LogP contribution is -2.09. The monoisotopic (exact) mass is 260 g/mol. The fourth-order valence-electron chi connectivity index (χ4n) is 2.76. The molecule has 0 aromatic heterocycles. The van der Waals surface area contributed by atoms with E-state index >= 15 is 0 Å². The van der Waals surface area contributed by atoms with Crippen molar-refractivity contribution in [3.05, 3.63) is 35.1 Å². The van der Waals surface area contributed by atoms with E-state index in [4.69, 9.17) is 0 Å². The normalized spacial score (nSPS) is 24.5. The second-order valence-electron chi connectivity index (χ2n) is 5.30. The van der Waals surface area contributed by atoms with Crippen molar-refractivity contribution in [2.45, 2.75) is 38.8 Å².